The zero-order valence-corrected chi connectivity index (χ0v) is 8.06. The van der Waals surface area contributed by atoms with Gasteiger partial charge in [-0.1, -0.05) is 0 Å². The van der Waals surface area contributed by atoms with Crippen molar-refractivity contribution >= 4 is 5.97 Å². The number of nitriles is 1. The molecule has 0 saturated carbocycles. The predicted molar refractivity (Wildman–Crippen MR) is 50.6 cm³/mol. The first-order valence-electron chi connectivity index (χ1n) is 4.40. The van der Waals surface area contributed by atoms with Crippen LogP contribution in [-0.4, -0.2) is 17.6 Å². The van der Waals surface area contributed by atoms with E-state index >= 15 is 0 Å². The normalized spacial score (nSPS) is 9.43. The molecular formula is C10H12N2O2. The Morgan fingerprint density at radius 3 is 3.14 bits per heavy atom. The Balaban J connectivity index is 2.64. The third-order valence-corrected chi connectivity index (χ3v) is 1.91. The second-order valence-corrected chi connectivity index (χ2v) is 2.84. The maximum Gasteiger partial charge on any atom is 0.354 e. The third kappa shape index (κ3) is 2.36. The molecule has 0 unspecified atom stereocenters. The number of aryl methyl sites for hydroxylation is 1. The van der Waals surface area contributed by atoms with Gasteiger partial charge in [0.2, 0.25) is 0 Å². The highest BCUT2D eigenvalue weighted by atomic mass is 16.5. The van der Waals surface area contributed by atoms with Crippen LogP contribution >= 0.6 is 0 Å². The molecule has 0 saturated heterocycles. The van der Waals surface area contributed by atoms with Crippen molar-refractivity contribution in [2.24, 2.45) is 0 Å². The molecule has 0 N–H and O–H groups in total. The van der Waals surface area contributed by atoms with Gasteiger partial charge < -0.3 is 9.30 Å². The van der Waals surface area contributed by atoms with Gasteiger partial charge in [0, 0.05) is 19.2 Å². The molecule has 0 fully saturated rings. The first-order chi connectivity index (χ1) is 6.79. The lowest BCUT2D eigenvalue weighted by molar-refractivity contribution is 0.0588. The quantitative estimate of drug-likeness (QED) is 0.537. The average Bonchev–Trinajstić information content (AvgIpc) is 2.65. The van der Waals surface area contributed by atoms with Crippen LogP contribution in [0.2, 0.25) is 0 Å². The lowest BCUT2D eigenvalue weighted by Crippen LogP contribution is -2.09. The lowest BCUT2D eigenvalue weighted by atomic mass is 10.3. The van der Waals surface area contributed by atoms with Gasteiger partial charge in [-0.05, 0) is 18.6 Å². The van der Waals surface area contributed by atoms with Crippen LogP contribution in [0.25, 0.3) is 0 Å². The Labute approximate surface area is 82.7 Å². The fraction of sp³-hybridized carbons (Fsp3) is 0.400. The van der Waals surface area contributed by atoms with Gasteiger partial charge in [0.1, 0.15) is 5.69 Å². The smallest absolute Gasteiger partial charge is 0.354 e. The molecule has 1 heterocycles. The highest BCUT2D eigenvalue weighted by Gasteiger charge is 2.09. The van der Waals surface area contributed by atoms with Crippen LogP contribution in [0.1, 0.15) is 23.3 Å². The Bertz CT molecular complexity index is 349. The van der Waals surface area contributed by atoms with Crippen LogP contribution in [0.4, 0.5) is 0 Å². The molecule has 1 rings (SSSR count). The largest absolute Gasteiger partial charge is 0.464 e. The van der Waals surface area contributed by atoms with E-state index in [1.54, 1.807) is 16.7 Å². The topological polar surface area (TPSA) is 55.0 Å². The van der Waals surface area contributed by atoms with Crippen LogP contribution in [0.5, 0.6) is 0 Å². The number of hydrogen-bond acceptors (Lipinski definition) is 3. The highest BCUT2D eigenvalue weighted by Crippen LogP contribution is 2.05. The molecule has 4 nitrogen and oxygen atoms in total. The Hall–Kier alpha value is -1.76. The minimum absolute atomic E-state index is 0.341. The van der Waals surface area contributed by atoms with Crippen molar-refractivity contribution in [3.63, 3.8) is 0 Å². The Morgan fingerprint density at radius 2 is 2.50 bits per heavy atom. The molecule has 0 bridgehead atoms. The first kappa shape index (κ1) is 10.3. The number of carbonyl (C=O) groups is 1. The molecule has 0 aliphatic heterocycles. The van der Waals surface area contributed by atoms with E-state index in [9.17, 15) is 4.79 Å². The van der Waals surface area contributed by atoms with Crippen LogP contribution < -0.4 is 0 Å². The molecule has 0 aliphatic rings. The summed E-state index contributed by atoms with van der Waals surface area (Å²) >= 11 is 0. The standard InChI is InChI=1S/C10H12N2O2/c1-14-10(13)9-5-4-8-12(9)7-3-2-6-11/h4-5,8H,2-3,7H2,1H3. The molecular weight excluding hydrogens is 180 g/mol. The minimum Gasteiger partial charge on any atom is -0.464 e. The fourth-order valence-electron chi connectivity index (χ4n) is 1.23. The molecule has 1 aromatic heterocycles. The van der Waals surface area contributed by atoms with E-state index in [0.29, 0.717) is 18.7 Å². The summed E-state index contributed by atoms with van der Waals surface area (Å²) in [6.45, 7) is 0.672. The molecule has 0 atom stereocenters. The molecule has 14 heavy (non-hydrogen) atoms. The number of unbranched alkanes of at least 4 members (excludes halogenated alkanes) is 1. The van der Waals surface area contributed by atoms with Crippen molar-refractivity contribution in [3.8, 4) is 6.07 Å². The number of methoxy groups -OCH3 is 1. The van der Waals surface area contributed by atoms with Gasteiger partial charge in [0.15, 0.2) is 0 Å². The van der Waals surface area contributed by atoms with Crippen molar-refractivity contribution < 1.29 is 9.53 Å². The van der Waals surface area contributed by atoms with Crippen LogP contribution in [-0.2, 0) is 11.3 Å². The molecule has 0 amide bonds. The van der Waals surface area contributed by atoms with E-state index in [2.05, 4.69) is 10.8 Å². The lowest BCUT2D eigenvalue weighted by Gasteiger charge is -2.05. The van der Waals surface area contributed by atoms with Gasteiger partial charge in [-0.2, -0.15) is 5.26 Å². The minimum atomic E-state index is -0.341. The number of rotatable bonds is 4. The Morgan fingerprint density at radius 1 is 1.71 bits per heavy atom. The maximum absolute atomic E-state index is 11.2. The summed E-state index contributed by atoms with van der Waals surface area (Å²) in [5, 5.41) is 8.37. The van der Waals surface area contributed by atoms with E-state index in [4.69, 9.17) is 5.26 Å². The average molecular weight is 192 g/mol. The molecule has 0 aliphatic carbocycles. The van der Waals surface area contributed by atoms with Gasteiger partial charge in [0.25, 0.3) is 0 Å². The molecule has 0 radical (unpaired) electrons. The summed E-state index contributed by atoms with van der Waals surface area (Å²) in [7, 11) is 1.36. The number of nitrogens with zero attached hydrogens (tertiary/aromatic N) is 2. The van der Waals surface area contributed by atoms with Gasteiger partial charge >= 0.3 is 5.97 Å². The SMILES string of the molecule is COC(=O)c1cccn1CCCC#N. The maximum atomic E-state index is 11.2. The zero-order valence-electron chi connectivity index (χ0n) is 8.06. The van der Waals surface area contributed by atoms with Crippen molar-refractivity contribution in [1.29, 1.82) is 5.26 Å². The number of esters is 1. The fourth-order valence-corrected chi connectivity index (χ4v) is 1.23. The van der Waals surface area contributed by atoms with Crippen LogP contribution in [0.3, 0.4) is 0 Å². The predicted octanol–water partition coefficient (Wildman–Crippen LogP) is 1.58. The molecule has 0 aromatic carbocycles. The summed E-state index contributed by atoms with van der Waals surface area (Å²) in [4.78, 5) is 11.2. The summed E-state index contributed by atoms with van der Waals surface area (Å²) in [5.74, 6) is -0.341. The van der Waals surface area contributed by atoms with E-state index in [1.165, 1.54) is 7.11 Å². The number of ether oxygens (including phenoxy) is 1. The molecule has 0 spiro atoms. The van der Waals surface area contributed by atoms with Gasteiger partial charge in [-0.15, -0.1) is 0 Å². The molecule has 1 aromatic rings. The van der Waals surface area contributed by atoms with Crippen molar-refractivity contribution in [2.45, 2.75) is 19.4 Å². The summed E-state index contributed by atoms with van der Waals surface area (Å²) < 4.78 is 6.41. The van der Waals surface area contributed by atoms with Crippen molar-refractivity contribution in [2.75, 3.05) is 7.11 Å². The third-order valence-electron chi connectivity index (χ3n) is 1.91. The van der Waals surface area contributed by atoms with Gasteiger partial charge in [0.05, 0.1) is 13.2 Å². The summed E-state index contributed by atoms with van der Waals surface area (Å²) in [6, 6.07) is 5.56. The van der Waals surface area contributed by atoms with Crippen molar-refractivity contribution in [1.82, 2.24) is 4.57 Å². The highest BCUT2D eigenvalue weighted by molar-refractivity contribution is 5.87. The van der Waals surface area contributed by atoms with Crippen LogP contribution in [0.15, 0.2) is 18.3 Å². The Kier molecular flexibility index (Phi) is 3.74. The van der Waals surface area contributed by atoms with Gasteiger partial charge in [-0.3, -0.25) is 0 Å². The molecule has 74 valence electrons. The number of aromatic nitrogens is 1. The number of carbonyl (C=O) groups excluding carboxylic acids is 1. The van der Waals surface area contributed by atoms with E-state index < -0.39 is 0 Å². The monoisotopic (exact) mass is 192 g/mol. The summed E-state index contributed by atoms with van der Waals surface area (Å²) in [5.41, 5.74) is 0.533. The van der Waals surface area contributed by atoms with Crippen molar-refractivity contribution in [3.05, 3.63) is 24.0 Å². The molecule has 4 heteroatoms. The van der Waals surface area contributed by atoms with Crippen LogP contribution in [0, 0.1) is 11.3 Å². The summed E-state index contributed by atoms with van der Waals surface area (Å²) in [6.07, 6.45) is 3.05. The first-order valence-corrected chi connectivity index (χ1v) is 4.40. The second-order valence-electron chi connectivity index (χ2n) is 2.84. The second kappa shape index (κ2) is 5.07. The van der Waals surface area contributed by atoms with Gasteiger partial charge in [-0.25, -0.2) is 4.79 Å². The number of hydrogen-bond donors (Lipinski definition) is 0. The van der Waals surface area contributed by atoms with E-state index in [1.807, 2.05) is 6.20 Å². The zero-order chi connectivity index (χ0) is 10.4. The van der Waals surface area contributed by atoms with E-state index in [-0.39, 0.29) is 5.97 Å². The van der Waals surface area contributed by atoms with E-state index in [0.717, 1.165) is 6.42 Å².